The minimum atomic E-state index is -0.955. The first-order valence-electron chi connectivity index (χ1n) is 5.99. The molecule has 0 spiro atoms. The first-order chi connectivity index (χ1) is 7.95. The van der Waals surface area contributed by atoms with Crippen molar-refractivity contribution in [2.45, 2.75) is 50.7 Å². The van der Waals surface area contributed by atoms with Gasteiger partial charge in [0, 0.05) is 14.2 Å². The zero-order chi connectivity index (χ0) is 13.1. The molecule has 1 N–H and O–H groups in total. The van der Waals surface area contributed by atoms with Crippen LogP contribution in [0.25, 0.3) is 0 Å². The highest BCUT2D eigenvalue weighted by atomic mass is 16.5. The number of ether oxygens (including phenoxy) is 1. The maximum atomic E-state index is 12.0. The molecule has 0 aliphatic heterocycles. The highest BCUT2D eigenvalue weighted by molar-refractivity contribution is 5.84. The van der Waals surface area contributed by atoms with E-state index in [1.165, 1.54) is 4.90 Å². The van der Waals surface area contributed by atoms with Crippen molar-refractivity contribution >= 4 is 11.9 Å². The number of methoxy groups -OCH3 is 1. The molecule has 0 bridgehead atoms. The molecule has 0 aromatic carbocycles. The smallest absolute Gasteiger partial charge is 0.326 e. The Bertz CT molecular complexity index is 293. The highest BCUT2D eigenvalue weighted by Gasteiger charge is 2.40. The maximum Gasteiger partial charge on any atom is 0.326 e. The van der Waals surface area contributed by atoms with Crippen LogP contribution in [0.4, 0.5) is 0 Å². The fourth-order valence-electron chi connectivity index (χ4n) is 2.21. The van der Waals surface area contributed by atoms with Gasteiger partial charge < -0.3 is 14.7 Å². The number of aliphatic carboxylic acids is 1. The number of carboxylic acid groups (broad SMARTS) is 1. The van der Waals surface area contributed by atoms with Gasteiger partial charge in [-0.3, -0.25) is 4.79 Å². The summed E-state index contributed by atoms with van der Waals surface area (Å²) in [6.07, 6.45) is 3.53. The molecule has 0 heterocycles. The number of hydrogen-bond donors (Lipinski definition) is 1. The predicted molar refractivity (Wildman–Crippen MR) is 62.7 cm³/mol. The minimum Gasteiger partial charge on any atom is -0.480 e. The van der Waals surface area contributed by atoms with Crippen LogP contribution in [-0.4, -0.2) is 47.7 Å². The van der Waals surface area contributed by atoms with Crippen LogP contribution in [0.5, 0.6) is 0 Å². The van der Waals surface area contributed by atoms with Crippen molar-refractivity contribution in [1.82, 2.24) is 4.90 Å². The van der Waals surface area contributed by atoms with Crippen molar-refractivity contribution < 1.29 is 19.4 Å². The number of carbonyl (C=O) groups is 2. The number of likely N-dealkylation sites (N-methyl/N-ethyl adjacent to an activating group) is 1. The summed E-state index contributed by atoms with van der Waals surface area (Å²) in [5, 5.41) is 8.99. The Balaban J connectivity index is 2.60. The number of rotatable bonds is 6. The second-order valence-electron chi connectivity index (χ2n) is 4.68. The normalized spacial score (nSPS) is 19.2. The van der Waals surface area contributed by atoms with E-state index in [2.05, 4.69) is 0 Å². The molecule has 0 saturated heterocycles. The molecule has 1 saturated carbocycles. The quantitative estimate of drug-likeness (QED) is 0.762. The van der Waals surface area contributed by atoms with Gasteiger partial charge >= 0.3 is 5.97 Å². The van der Waals surface area contributed by atoms with Crippen molar-refractivity contribution in [2.75, 3.05) is 14.2 Å². The summed E-state index contributed by atoms with van der Waals surface area (Å²) in [6.45, 7) is 1.76. The topological polar surface area (TPSA) is 66.8 Å². The molecule has 1 fully saturated rings. The molecule has 17 heavy (non-hydrogen) atoms. The fraction of sp³-hybridized carbons (Fsp3) is 0.833. The van der Waals surface area contributed by atoms with E-state index in [0.29, 0.717) is 6.42 Å². The number of hydrogen-bond acceptors (Lipinski definition) is 3. The van der Waals surface area contributed by atoms with E-state index < -0.39 is 12.0 Å². The van der Waals surface area contributed by atoms with E-state index in [1.54, 1.807) is 21.1 Å². The third kappa shape index (κ3) is 2.97. The fourth-order valence-corrected chi connectivity index (χ4v) is 2.21. The Labute approximate surface area is 102 Å². The monoisotopic (exact) mass is 243 g/mol. The van der Waals surface area contributed by atoms with Crippen LogP contribution in [0.15, 0.2) is 0 Å². The Kier molecular flexibility index (Phi) is 4.51. The summed E-state index contributed by atoms with van der Waals surface area (Å²) in [5.41, 5.74) is -0.345. The van der Waals surface area contributed by atoms with Crippen molar-refractivity contribution in [3.8, 4) is 0 Å². The van der Waals surface area contributed by atoms with Gasteiger partial charge in [-0.05, 0) is 25.7 Å². The molecule has 0 aromatic heterocycles. The molecule has 0 aromatic rings. The molecule has 5 nitrogen and oxygen atoms in total. The lowest BCUT2D eigenvalue weighted by Crippen LogP contribution is -2.48. The van der Waals surface area contributed by atoms with Crippen molar-refractivity contribution in [1.29, 1.82) is 0 Å². The number of carbonyl (C=O) groups excluding carboxylic acids is 1. The van der Waals surface area contributed by atoms with Crippen LogP contribution in [0, 0.1) is 0 Å². The van der Waals surface area contributed by atoms with Gasteiger partial charge in [-0.25, -0.2) is 4.79 Å². The second kappa shape index (κ2) is 5.49. The molecule has 1 unspecified atom stereocenters. The van der Waals surface area contributed by atoms with E-state index >= 15 is 0 Å². The summed E-state index contributed by atoms with van der Waals surface area (Å²) in [5.74, 6) is -1.11. The van der Waals surface area contributed by atoms with Gasteiger partial charge in [0.15, 0.2) is 0 Å². The zero-order valence-corrected chi connectivity index (χ0v) is 10.7. The number of amides is 1. The van der Waals surface area contributed by atoms with Gasteiger partial charge in [0.25, 0.3) is 0 Å². The molecular formula is C12H21NO4. The van der Waals surface area contributed by atoms with Crippen LogP contribution in [0.2, 0.25) is 0 Å². The van der Waals surface area contributed by atoms with Crippen molar-refractivity contribution in [2.24, 2.45) is 0 Å². The first kappa shape index (κ1) is 14.0. The first-order valence-corrected chi connectivity index (χ1v) is 5.99. The van der Waals surface area contributed by atoms with Crippen LogP contribution in [-0.2, 0) is 14.3 Å². The Morgan fingerprint density at radius 1 is 1.47 bits per heavy atom. The van der Waals surface area contributed by atoms with Crippen molar-refractivity contribution in [3.63, 3.8) is 0 Å². The van der Waals surface area contributed by atoms with Gasteiger partial charge in [-0.1, -0.05) is 6.92 Å². The van der Waals surface area contributed by atoms with Crippen molar-refractivity contribution in [3.05, 3.63) is 0 Å². The summed E-state index contributed by atoms with van der Waals surface area (Å²) in [4.78, 5) is 24.3. The summed E-state index contributed by atoms with van der Waals surface area (Å²) in [7, 11) is 3.16. The lowest BCUT2D eigenvalue weighted by Gasteiger charge is -2.41. The largest absolute Gasteiger partial charge is 0.480 e. The van der Waals surface area contributed by atoms with Crippen LogP contribution in [0.1, 0.15) is 39.0 Å². The molecule has 98 valence electrons. The lowest BCUT2D eigenvalue weighted by molar-refractivity contribution is -0.154. The van der Waals surface area contributed by atoms with E-state index in [1.807, 2.05) is 0 Å². The number of nitrogens with zero attached hydrogens (tertiary/aromatic N) is 1. The van der Waals surface area contributed by atoms with Gasteiger partial charge in [0.1, 0.15) is 6.04 Å². The molecule has 1 atom stereocenters. The van der Waals surface area contributed by atoms with E-state index in [0.717, 1.165) is 19.3 Å². The molecule has 5 heteroatoms. The van der Waals surface area contributed by atoms with Gasteiger partial charge in [-0.2, -0.15) is 0 Å². The third-order valence-electron chi connectivity index (χ3n) is 3.70. The van der Waals surface area contributed by atoms with Gasteiger partial charge in [0.05, 0.1) is 12.0 Å². The molecule has 1 amide bonds. The summed E-state index contributed by atoms with van der Waals surface area (Å²) >= 11 is 0. The van der Waals surface area contributed by atoms with Crippen LogP contribution >= 0.6 is 0 Å². The Hall–Kier alpha value is -1.10. The number of carboxylic acids is 1. The lowest BCUT2D eigenvalue weighted by atomic mass is 9.77. The highest BCUT2D eigenvalue weighted by Crippen LogP contribution is 2.38. The molecule has 1 rings (SSSR count). The third-order valence-corrected chi connectivity index (χ3v) is 3.70. The van der Waals surface area contributed by atoms with Crippen LogP contribution in [0.3, 0.4) is 0 Å². The molecule has 1 aliphatic carbocycles. The second-order valence-corrected chi connectivity index (χ2v) is 4.68. The SMILES string of the molecule is CCC(C(=O)O)N(C)C(=O)CC1(OC)CCC1. The maximum absolute atomic E-state index is 12.0. The molecular weight excluding hydrogens is 222 g/mol. The summed E-state index contributed by atoms with van der Waals surface area (Å²) < 4.78 is 5.37. The van der Waals surface area contributed by atoms with Crippen LogP contribution < -0.4 is 0 Å². The average Bonchev–Trinajstić information content (AvgIpc) is 2.23. The van der Waals surface area contributed by atoms with Gasteiger partial charge in [-0.15, -0.1) is 0 Å². The molecule has 0 radical (unpaired) electrons. The standard InChI is InChI=1S/C12H21NO4/c1-4-9(11(15)16)13(2)10(14)8-12(17-3)6-5-7-12/h9H,4-8H2,1-3H3,(H,15,16). The predicted octanol–water partition coefficient (Wildman–Crippen LogP) is 1.27. The zero-order valence-electron chi connectivity index (χ0n) is 10.7. The Morgan fingerprint density at radius 3 is 2.35 bits per heavy atom. The Morgan fingerprint density at radius 2 is 2.06 bits per heavy atom. The molecule has 1 aliphatic rings. The summed E-state index contributed by atoms with van der Waals surface area (Å²) in [6, 6.07) is -0.739. The van der Waals surface area contributed by atoms with E-state index in [4.69, 9.17) is 9.84 Å². The average molecular weight is 243 g/mol. The minimum absolute atomic E-state index is 0.152. The van der Waals surface area contributed by atoms with E-state index in [-0.39, 0.29) is 17.9 Å². The van der Waals surface area contributed by atoms with E-state index in [9.17, 15) is 9.59 Å². The van der Waals surface area contributed by atoms with Gasteiger partial charge in [0.2, 0.25) is 5.91 Å².